The molecule has 5 rings (SSSR count). The third kappa shape index (κ3) is 5.09. The van der Waals surface area contributed by atoms with Crippen molar-refractivity contribution in [2.24, 2.45) is 5.41 Å². The Balaban J connectivity index is 1.46. The van der Waals surface area contributed by atoms with Crippen molar-refractivity contribution in [3.8, 4) is 22.6 Å². The molecular formula is C30H30N6O2. The van der Waals surface area contributed by atoms with Gasteiger partial charge in [-0.15, -0.1) is 0 Å². The molecule has 0 unspecified atom stereocenters. The van der Waals surface area contributed by atoms with Crippen LogP contribution in [0.3, 0.4) is 0 Å². The van der Waals surface area contributed by atoms with Gasteiger partial charge in [0.1, 0.15) is 29.3 Å². The molecule has 8 heteroatoms. The minimum atomic E-state index is -0.344. The van der Waals surface area contributed by atoms with Crippen molar-refractivity contribution in [3.05, 3.63) is 89.8 Å². The highest BCUT2D eigenvalue weighted by molar-refractivity contribution is 6.02. The summed E-state index contributed by atoms with van der Waals surface area (Å²) in [6, 6.07) is 17.4. The summed E-state index contributed by atoms with van der Waals surface area (Å²) in [4.78, 5) is 25.2. The number of anilines is 1. The summed E-state index contributed by atoms with van der Waals surface area (Å²) in [6.07, 6.45) is 4.63. The van der Waals surface area contributed by atoms with Gasteiger partial charge in [0.25, 0.3) is 0 Å². The predicted molar refractivity (Wildman–Crippen MR) is 148 cm³/mol. The van der Waals surface area contributed by atoms with Gasteiger partial charge in [-0.1, -0.05) is 57.2 Å². The van der Waals surface area contributed by atoms with Gasteiger partial charge in [0.05, 0.1) is 12.0 Å². The lowest BCUT2D eigenvalue weighted by Gasteiger charge is -2.27. The molecule has 3 heterocycles. The van der Waals surface area contributed by atoms with E-state index < -0.39 is 0 Å². The molecule has 0 saturated heterocycles. The Hall–Kier alpha value is -4.64. The summed E-state index contributed by atoms with van der Waals surface area (Å²) in [5.74, 6) is 1.59. The fourth-order valence-electron chi connectivity index (χ4n) is 4.88. The van der Waals surface area contributed by atoms with Crippen LogP contribution in [0.4, 0.5) is 5.82 Å². The summed E-state index contributed by atoms with van der Waals surface area (Å²) in [5.41, 5.74) is 10.1. The number of hydrogen-bond donors (Lipinski definition) is 2. The Morgan fingerprint density at radius 2 is 1.84 bits per heavy atom. The van der Waals surface area contributed by atoms with E-state index >= 15 is 0 Å². The maximum atomic E-state index is 12.9. The maximum Gasteiger partial charge on any atom is 0.250 e. The van der Waals surface area contributed by atoms with Gasteiger partial charge in [0.15, 0.2) is 0 Å². The van der Waals surface area contributed by atoms with Gasteiger partial charge >= 0.3 is 0 Å². The number of rotatable bonds is 5. The summed E-state index contributed by atoms with van der Waals surface area (Å²) < 4.78 is 8.09. The number of allylic oxidation sites excluding steroid dienone is 1. The molecule has 0 aliphatic carbocycles. The second-order valence-electron chi connectivity index (χ2n) is 10.5. The van der Waals surface area contributed by atoms with Crippen LogP contribution in [-0.4, -0.2) is 26.5 Å². The number of nitrogens with one attached hydrogen (secondary N) is 1. The first-order valence-corrected chi connectivity index (χ1v) is 12.6. The number of benzene rings is 2. The standard InChI is InChI=1S/C30H30N6O2/c1-30(2,3)16-23(32-4)29(37)35-20-12-15-24-25(26-27(31)33-18-34-28(26)36(24)17-20)19-10-13-22(14-11-19)38-21-8-6-5-7-9-21/h5-11,13-14,16,18,20H,12,15,17H2,1-3H3,(H,35,37)(H2,31,33,34)/b23-16-/t20-/m1/s1. The van der Waals surface area contributed by atoms with E-state index in [-0.39, 0.29) is 23.1 Å². The predicted octanol–water partition coefficient (Wildman–Crippen LogP) is 5.75. The van der Waals surface area contributed by atoms with Crippen LogP contribution in [0.15, 0.2) is 72.7 Å². The Labute approximate surface area is 222 Å². The maximum absolute atomic E-state index is 12.9. The second-order valence-corrected chi connectivity index (χ2v) is 10.5. The molecule has 0 radical (unpaired) electrons. The SMILES string of the molecule is [C-]#[N+]/C(=C\C(C)(C)C)C(=O)N[C@@H]1CCc2c(-c3ccc(Oc4ccccc4)cc3)c3c(N)ncnc3n2C1. The molecule has 1 aliphatic heterocycles. The fourth-order valence-corrected chi connectivity index (χ4v) is 4.88. The van der Waals surface area contributed by atoms with Crippen molar-refractivity contribution in [2.45, 2.75) is 46.2 Å². The van der Waals surface area contributed by atoms with E-state index in [9.17, 15) is 4.79 Å². The average Bonchev–Trinajstić information content (AvgIpc) is 3.23. The lowest BCUT2D eigenvalue weighted by molar-refractivity contribution is -0.118. The first-order valence-electron chi connectivity index (χ1n) is 12.6. The molecule has 0 fully saturated rings. The number of amides is 1. The van der Waals surface area contributed by atoms with Gasteiger partial charge in [-0.25, -0.2) is 14.8 Å². The van der Waals surface area contributed by atoms with Crippen LogP contribution in [0.25, 0.3) is 27.0 Å². The molecule has 0 bridgehead atoms. The van der Waals surface area contributed by atoms with Crippen LogP contribution in [0.1, 0.15) is 32.9 Å². The van der Waals surface area contributed by atoms with E-state index in [1.807, 2.05) is 75.4 Å². The van der Waals surface area contributed by atoms with E-state index in [4.69, 9.17) is 17.0 Å². The molecule has 192 valence electrons. The highest BCUT2D eigenvalue weighted by atomic mass is 16.5. The van der Waals surface area contributed by atoms with E-state index in [1.54, 1.807) is 6.08 Å². The van der Waals surface area contributed by atoms with Crippen molar-refractivity contribution >= 4 is 22.8 Å². The topological polar surface area (TPSA) is 99.4 Å². The highest BCUT2D eigenvalue weighted by Gasteiger charge is 2.29. The number of ether oxygens (including phenoxy) is 1. The van der Waals surface area contributed by atoms with Crippen molar-refractivity contribution in [1.29, 1.82) is 0 Å². The van der Waals surface area contributed by atoms with Crippen LogP contribution >= 0.6 is 0 Å². The zero-order chi connectivity index (χ0) is 26.9. The highest BCUT2D eigenvalue weighted by Crippen LogP contribution is 2.40. The van der Waals surface area contributed by atoms with Crippen molar-refractivity contribution in [3.63, 3.8) is 0 Å². The smallest absolute Gasteiger partial charge is 0.250 e. The zero-order valence-electron chi connectivity index (χ0n) is 21.7. The van der Waals surface area contributed by atoms with E-state index in [0.717, 1.165) is 45.8 Å². The Kier molecular flexibility index (Phi) is 6.60. The number of hydrogen-bond acceptors (Lipinski definition) is 5. The first kappa shape index (κ1) is 25.0. The molecule has 2 aromatic heterocycles. The Bertz CT molecular complexity index is 1560. The summed E-state index contributed by atoms with van der Waals surface area (Å²) >= 11 is 0. The van der Waals surface area contributed by atoms with Gasteiger partial charge in [-0.05, 0) is 48.1 Å². The largest absolute Gasteiger partial charge is 0.457 e. The van der Waals surface area contributed by atoms with Crippen molar-refractivity contribution < 1.29 is 9.53 Å². The van der Waals surface area contributed by atoms with Crippen LogP contribution in [-0.2, 0) is 17.8 Å². The molecule has 4 aromatic rings. The minimum Gasteiger partial charge on any atom is -0.457 e. The minimum absolute atomic E-state index is 0.116. The fraction of sp³-hybridized carbons (Fsp3) is 0.267. The monoisotopic (exact) mass is 506 g/mol. The van der Waals surface area contributed by atoms with Gasteiger partial charge in [-0.2, -0.15) is 0 Å². The third-order valence-electron chi connectivity index (χ3n) is 6.49. The lowest BCUT2D eigenvalue weighted by Crippen LogP contribution is -2.41. The molecular weight excluding hydrogens is 476 g/mol. The zero-order valence-corrected chi connectivity index (χ0v) is 21.7. The van der Waals surface area contributed by atoms with E-state index in [1.165, 1.54) is 6.33 Å². The van der Waals surface area contributed by atoms with Crippen molar-refractivity contribution in [1.82, 2.24) is 19.9 Å². The van der Waals surface area contributed by atoms with Crippen LogP contribution in [0.5, 0.6) is 11.5 Å². The van der Waals surface area contributed by atoms with Gasteiger partial charge in [0.2, 0.25) is 11.6 Å². The number of aromatic nitrogens is 3. The molecule has 0 saturated carbocycles. The summed E-state index contributed by atoms with van der Waals surface area (Å²) in [7, 11) is 0. The van der Waals surface area contributed by atoms with Crippen molar-refractivity contribution in [2.75, 3.05) is 5.73 Å². The van der Waals surface area contributed by atoms with E-state index in [2.05, 4.69) is 24.7 Å². The molecule has 8 nitrogen and oxygen atoms in total. The number of carbonyl (C=O) groups is 1. The average molecular weight is 507 g/mol. The van der Waals surface area contributed by atoms with Crippen LogP contribution in [0.2, 0.25) is 0 Å². The number of fused-ring (bicyclic) bond motifs is 3. The van der Waals surface area contributed by atoms with Crippen LogP contribution < -0.4 is 15.8 Å². The normalized spacial score (nSPS) is 15.5. The molecule has 1 aliphatic rings. The first-order chi connectivity index (χ1) is 18.2. The van der Waals surface area contributed by atoms with Gasteiger partial charge in [0, 0.05) is 23.8 Å². The van der Waals surface area contributed by atoms with Gasteiger partial charge in [-0.3, -0.25) is 4.79 Å². The number of carbonyl (C=O) groups excluding carboxylic acids is 1. The second kappa shape index (κ2) is 10.0. The lowest BCUT2D eigenvalue weighted by atomic mass is 9.95. The molecule has 3 N–H and O–H groups in total. The molecule has 2 aromatic carbocycles. The van der Waals surface area contributed by atoms with Gasteiger partial charge < -0.3 is 20.4 Å². The number of nitrogens with two attached hydrogens (primary N) is 1. The quantitative estimate of drug-likeness (QED) is 0.265. The Morgan fingerprint density at radius 3 is 2.53 bits per heavy atom. The molecule has 0 spiro atoms. The van der Waals surface area contributed by atoms with E-state index in [0.29, 0.717) is 18.8 Å². The number of nitrogen functional groups attached to an aromatic ring is 1. The molecule has 38 heavy (non-hydrogen) atoms. The Morgan fingerprint density at radius 1 is 1.13 bits per heavy atom. The summed E-state index contributed by atoms with van der Waals surface area (Å²) in [5, 5.41) is 3.87. The third-order valence-corrected chi connectivity index (χ3v) is 6.49. The molecule has 1 amide bonds. The summed E-state index contributed by atoms with van der Waals surface area (Å²) in [6.45, 7) is 13.9. The molecule has 1 atom stereocenters. The number of nitrogens with zero attached hydrogens (tertiary/aromatic N) is 4. The van der Waals surface area contributed by atoms with Crippen LogP contribution in [0, 0.1) is 12.0 Å². The number of para-hydroxylation sites is 1.